The SMILES string of the molecule is O=C(CCC1Cc2ccccc2NC1=O)NC1CCN(C(=O)c2ccoc2)CC1. The molecule has 1 aromatic carbocycles. The van der Waals surface area contributed by atoms with Crippen LogP contribution in [0.1, 0.15) is 41.6 Å². The van der Waals surface area contributed by atoms with Crippen molar-refractivity contribution < 1.29 is 18.8 Å². The van der Waals surface area contributed by atoms with E-state index in [-0.39, 0.29) is 29.7 Å². The summed E-state index contributed by atoms with van der Waals surface area (Å²) in [6.07, 6.45) is 5.93. The topological polar surface area (TPSA) is 91.7 Å². The van der Waals surface area contributed by atoms with Crippen LogP contribution in [0.2, 0.25) is 0 Å². The average molecular weight is 395 g/mol. The number of piperidine rings is 1. The van der Waals surface area contributed by atoms with E-state index in [9.17, 15) is 14.4 Å². The second-order valence-electron chi connectivity index (χ2n) is 7.73. The van der Waals surface area contributed by atoms with Crippen LogP contribution in [0.15, 0.2) is 47.3 Å². The number of para-hydroxylation sites is 1. The van der Waals surface area contributed by atoms with E-state index in [1.165, 1.54) is 12.5 Å². The Morgan fingerprint density at radius 2 is 1.97 bits per heavy atom. The number of likely N-dealkylation sites (tertiary alicyclic amines) is 1. The monoisotopic (exact) mass is 395 g/mol. The Morgan fingerprint density at radius 1 is 1.17 bits per heavy atom. The first-order valence-electron chi connectivity index (χ1n) is 10.1. The molecule has 0 radical (unpaired) electrons. The van der Waals surface area contributed by atoms with Crippen LogP contribution in [0.25, 0.3) is 0 Å². The van der Waals surface area contributed by atoms with Crippen molar-refractivity contribution in [3.63, 3.8) is 0 Å². The van der Waals surface area contributed by atoms with E-state index in [0.717, 1.165) is 24.1 Å². The minimum absolute atomic E-state index is 0.0115. The molecule has 2 aliphatic heterocycles. The average Bonchev–Trinajstić information content (AvgIpc) is 3.27. The molecule has 29 heavy (non-hydrogen) atoms. The van der Waals surface area contributed by atoms with Crippen molar-refractivity contribution >= 4 is 23.4 Å². The molecular weight excluding hydrogens is 370 g/mol. The van der Waals surface area contributed by atoms with Crippen LogP contribution >= 0.6 is 0 Å². The minimum atomic E-state index is -0.176. The van der Waals surface area contributed by atoms with Gasteiger partial charge in [0.25, 0.3) is 5.91 Å². The predicted octanol–water partition coefficient (Wildman–Crippen LogP) is 2.59. The number of hydrogen-bond acceptors (Lipinski definition) is 4. The molecule has 1 unspecified atom stereocenters. The second-order valence-corrected chi connectivity index (χ2v) is 7.73. The summed E-state index contributed by atoms with van der Waals surface area (Å²) in [6, 6.07) is 9.51. The summed E-state index contributed by atoms with van der Waals surface area (Å²) in [4.78, 5) is 38.8. The molecule has 0 saturated carbocycles. The molecule has 1 saturated heterocycles. The molecule has 152 valence electrons. The lowest BCUT2D eigenvalue weighted by atomic mass is 9.89. The molecule has 0 aliphatic carbocycles. The number of amides is 3. The molecule has 4 rings (SSSR count). The van der Waals surface area contributed by atoms with Gasteiger partial charge in [-0.05, 0) is 43.4 Å². The van der Waals surface area contributed by atoms with Crippen molar-refractivity contribution in [2.75, 3.05) is 18.4 Å². The zero-order valence-corrected chi connectivity index (χ0v) is 16.2. The van der Waals surface area contributed by atoms with Gasteiger partial charge >= 0.3 is 0 Å². The first kappa shape index (κ1) is 19.2. The maximum atomic E-state index is 12.4. The summed E-state index contributed by atoms with van der Waals surface area (Å²) in [6.45, 7) is 1.22. The molecule has 3 amide bonds. The molecule has 0 bridgehead atoms. The summed E-state index contributed by atoms with van der Waals surface area (Å²) in [5.41, 5.74) is 2.54. The third kappa shape index (κ3) is 4.50. The van der Waals surface area contributed by atoms with Crippen molar-refractivity contribution in [2.24, 2.45) is 5.92 Å². The van der Waals surface area contributed by atoms with E-state index in [2.05, 4.69) is 10.6 Å². The van der Waals surface area contributed by atoms with Gasteiger partial charge in [0, 0.05) is 37.2 Å². The zero-order chi connectivity index (χ0) is 20.2. The lowest BCUT2D eigenvalue weighted by Crippen LogP contribution is -2.46. The Kier molecular flexibility index (Phi) is 5.64. The van der Waals surface area contributed by atoms with E-state index in [1.807, 2.05) is 24.3 Å². The lowest BCUT2D eigenvalue weighted by molar-refractivity contribution is -0.123. The highest BCUT2D eigenvalue weighted by atomic mass is 16.3. The second kappa shape index (κ2) is 8.51. The number of anilines is 1. The van der Waals surface area contributed by atoms with E-state index in [1.54, 1.807) is 11.0 Å². The number of carbonyl (C=O) groups is 3. The van der Waals surface area contributed by atoms with Crippen LogP contribution in [0.4, 0.5) is 5.69 Å². The number of furan rings is 1. The van der Waals surface area contributed by atoms with Gasteiger partial charge in [-0.2, -0.15) is 0 Å². The Hall–Kier alpha value is -3.09. The van der Waals surface area contributed by atoms with Gasteiger partial charge in [0.15, 0.2) is 0 Å². The van der Waals surface area contributed by atoms with Gasteiger partial charge in [0.1, 0.15) is 6.26 Å². The number of benzene rings is 1. The van der Waals surface area contributed by atoms with Crippen molar-refractivity contribution in [1.82, 2.24) is 10.2 Å². The first-order valence-corrected chi connectivity index (χ1v) is 10.1. The molecule has 1 aromatic heterocycles. The van der Waals surface area contributed by atoms with Crippen LogP contribution in [-0.2, 0) is 16.0 Å². The fourth-order valence-electron chi connectivity index (χ4n) is 4.05. The fraction of sp³-hybridized carbons (Fsp3) is 0.409. The van der Waals surface area contributed by atoms with Crippen LogP contribution < -0.4 is 10.6 Å². The summed E-state index contributed by atoms with van der Waals surface area (Å²) in [5.74, 6) is -0.254. The highest BCUT2D eigenvalue weighted by molar-refractivity contribution is 5.96. The third-order valence-corrected chi connectivity index (χ3v) is 5.75. The van der Waals surface area contributed by atoms with Gasteiger partial charge in [0.2, 0.25) is 11.8 Å². The quantitative estimate of drug-likeness (QED) is 0.814. The Labute approximate surface area is 169 Å². The van der Waals surface area contributed by atoms with Gasteiger partial charge in [-0.15, -0.1) is 0 Å². The number of fused-ring (bicyclic) bond motifs is 1. The minimum Gasteiger partial charge on any atom is -0.472 e. The number of nitrogens with zero attached hydrogens (tertiary/aromatic N) is 1. The van der Waals surface area contributed by atoms with Crippen molar-refractivity contribution in [3.8, 4) is 0 Å². The summed E-state index contributed by atoms with van der Waals surface area (Å²) in [5, 5.41) is 5.99. The van der Waals surface area contributed by atoms with Crippen molar-refractivity contribution in [2.45, 2.75) is 38.1 Å². The maximum absolute atomic E-state index is 12.4. The molecule has 3 heterocycles. The van der Waals surface area contributed by atoms with E-state index >= 15 is 0 Å². The predicted molar refractivity (Wildman–Crippen MR) is 107 cm³/mol. The molecule has 1 fully saturated rings. The third-order valence-electron chi connectivity index (χ3n) is 5.75. The number of carbonyl (C=O) groups excluding carboxylic acids is 3. The van der Waals surface area contributed by atoms with Crippen LogP contribution in [0, 0.1) is 5.92 Å². The van der Waals surface area contributed by atoms with Crippen LogP contribution in [0.5, 0.6) is 0 Å². The van der Waals surface area contributed by atoms with Gasteiger partial charge in [0.05, 0.1) is 11.8 Å². The summed E-state index contributed by atoms with van der Waals surface area (Å²) < 4.78 is 4.97. The van der Waals surface area contributed by atoms with Crippen LogP contribution in [0.3, 0.4) is 0 Å². The Bertz CT molecular complexity index is 885. The molecule has 1 atom stereocenters. The number of hydrogen-bond donors (Lipinski definition) is 2. The summed E-state index contributed by atoms with van der Waals surface area (Å²) >= 11 is 0. The maximum Gasteiger partial charge on any atom is 0.257 e. The van der Waals surface area contributed by atoms with Crippen LogP contribution in [-0.4, -0.2) is 41.8 Å². The van der Waals surface area contributed by atoms with E-state index < -0.39 is 0 Å². The zero-order valence-electron chi connectivity index (χ0n) is 16.2. The molecule has 0 spiro atoms. The fourth-order valence-corrected chi connectivity index (χ4v) is 4.05. The van der Waals surface area contributed by atoms with Gasteiger partial charge in [-0.1, -0.05) is 18.2 Å². The lowest BCUT2D eigenvalue weighted by Gasteiger charge is -2.32. The molecule has 2 N–H and O–H groups in total. The van der Waals surface area contributed by atoms with Gasteiger partial charge in [-0.25, -0.2) is 0 Å². The van der Waals surface area contributed by atoms with Crippen molar-refractivity contribution in [1.29, 1.82) is 0 Å². The number of rotatable bonds is 5. The first-order chi connectivity index (χ1) is 14.1. The smallest absolute Gasteiger partial charge is 0.257 e. The van der Waals surface area contributed by atoms with Crippen molar-refractivity contribution in [3.05, 3.63) is 54.0 Å². The molecule has 2 aromatic rings. The number of nitrogens with one attached hydrogen (secondary N) is 2. The largest absolute Gasteiger partial charge is 0.472 e. The Morgan fingerprint density at radius 3 is 2.72 bits per heavy atom. The highest BCUT2D eigenvalue weighted by Crippen LogP contribution is 2.27. The molecule has 7 nitrogen and oxygen atoms in total. The van der Waals surface area contributed by atoms with E-state index in [0.29, 0.717) is 37.9 Å². The standard InChI is InChI=1S/C22H25N3O4/c26-20(6-5-16-13-15-3-1-2-4-19(15)24-21(16)27)23-18-7-10-25(11-8-18)22(28)17-9-12-29-14-17/h1-4,9,12,14,16,18H,5-8,10-11,13H2,(H,23,26)(H,24,27). The summed E-state index contributed by atoms with van der Waals surface area (Å²) in [7, 11) is 0. The molecule has 7 heteroatoms. The highest BCUT2D eigenvalue weighted by Gasteiger charge is 2.28. The Balaban J connectivity index is 1.21. The van der Waals surface area contributed by atoms with Gasteiger partial charge in [-0.3, -0.25) is 14.4 Å². The molecular formula is C22H25N3O4. The van der Waals surface area contributed by atoms with Gasteiger partial charge < -0.3 is 20.0 Å². The molecule has 2 aliphatic rings. The van der Waals surface area contributed by atoms with E-state index in [4.69, 9.17) is 4.42 Å². The normalized spacial score (nSPS) is 19.4.